The van der Waals surface area contributed by atoms with Crippen LogP contribution in [0.5, 0.6) is 0 Å². The number of benzene rings is 2. The Kier molecular flexibility index (Phi) is 7.11. The molecule has 2 atom stereocenters. The largest absolute Gasteiger partial charge is 0.368 e. The number of hydrogen-bond acceptors (Lipinski definition) is 3. The van der Waals surface area contributed by atoms with Crippen molar-refractivity contribution in [1.82, 2.24) is 5.32 Å². The summed E-state index contributed by atoms with van der Waals surface area (Å²) in [6.45, 7) is 3.86. The molecule has 6 nitrogen and oxygen atoms in total. The van der Waals surface area contributed by atoms with Gasteiger partial charge in [0.2, 0.25) is 11.8 Å². The van der Waals surface area contributed by atoms with E-state index < -0.39 is 11.8 Å². The maximum atomic E-state index is 12.9. The third-order valence-electron chi connectivity index (χ3n) is 4.47. The van der Waals surface area contributed by atoms with E-state index in [1.54, 1.807) is 24.3 Å². The molecule has 0 spiro atoms. The quantitative estimate of drug-likeness (QED) is 0.668. The number of rotatable bonds is 8. The van der Waals surface area contributed by atoms with E-state index in [1.807, 2.05) is 37.3 Å². The van der Waals surface area contributed by atoms with Crippen LogP contribution in [0.3, 0.4) is 0 Å². The van der Waals surface area contributed by atoms with Crippen LogP contribution in [0, 0.1) is 5.92 Å². The van der Waals surface area contributed by atoms with Gasteiger partial charge < -0.3 is 16.4 Å². The number of hydrogen-bond donors (Lipinski definition) is 3. The highest BCUT2D eigenvalue weighted by molar-refractivity contribution is 6.00. The molecule has 3 amide bonds. The van der Waals surface area contributed by atoms with Crippen molar-refractivity contribution < 1.29 is 14.4 Å². The van der Waals surface area contributed by atoms with E-state index in [0.29, 0.717) is 11.3 Å². The molecule has 0 aliphatic carbocycles. The highest BCUT2D eigenvalue weighted by atomic mass is 16.2. The van der Waals surface area contributed by atoms with Crippen LogP contribution in [-0.2, 0) is 9.59 Å². The van der Waals surface area contributed by atoms with Crippen LogP contribution in [0.25, 0.3) is 0 Å². The zero-order valence-corrected chi connectivity index (χ0v) is 15.6. The van der Waals surface area contributed by atoms with Crippen molar-refractivity contribution in [2.75, 3.05) is 11.9 Å². The molecule has 4 N–H and O–H groups in total. The minimum absolute atomic E-state index is 0.120. The number of primary amides is 1. The highest BCUT2D eigenvalue weighted by Crippen LogP contribution is 2.28. The lowest BCUT2D eigenvalue weighted by Gasteiger charge is -2.23. The van der Waals surface area contributed by atoms with E-state index in [0.717, 1.165) is 12.0 Å². The van der Waals surface area contributed by atoms with Gasteiger partial charge in [-0.05, 0) is 29.7 Å². The SMILES string of the molecule is CCC(C)C(C(=O)Nc1cccc(C(=O)NCC(N)=O)c1)c1ccccc1. The second kappa shape index (κ2) is 9.52. The number of nitrogens with two attached hydrogens (primary N) is 1. The Morgan fingerprint density at radius 3 is 2.37 bits per heavy atom. The van der Waals surface area contributed by atoms with Gasteiger partial charge in [-0.3, -0.25) is 14.4 Å². The van der Waals surface area contributed by atoms with Crippen LogP contribution in [0.1, 0.15) is 42.1 Å². The number of carbonyl (C=O) groups excluding carboxylic acids is 3. The topological polar surface area (TPSA) is 101 Å². The first-order valence-corrected chi connectivity index (χ1v) is 8.94. The Labute approximate surface area is 159 Å². The van der Waals surface area contributed by atoms with Crippen molar-refractivity contribution in [3.8, 4) is 0 Å². The summed E-state index contributed by atoms with van der Waals surface area (Å²) in [6.07, 6.45) is 0.864. The lowest BCUT2D eigenvalue weighted by atomic mass is 9.85. The van der Waals surface area contributed by atoms with E-state index >= 15 is 0 Å². The fourth-order valence-corrected chi connectivity index (χ4v) is 2.86. The second-order valence-electron chi connectivity index (χ2n) is 6.49. The molecule has 0 aliphatic heterocycles. The van der Waals surface area contributed by atoms with E-state index in [-0.39, 0.29) is 24.3 Å². The first kappa shape index (κ1) is 20.2. The van der Waals surface area contributed by atoms with Gasteiger partial charge in [-0.25, -0.2) is 0 Å². The molecular formula is C21H25N3O3. The summed E-state index contributed by atoms with van der Waals surface area (Å²) in [5.74, 6) is -1.29. The Morgan fingerprint density at radius 1 is 1.04 bits per heavy atom. The summed E-state index contributed by atoms with van der Waals surface area (Å²) in [4.78, 5) is 35.8. The van der Waals surface area contributed by atoms with Gasteiger partial charge >= 0.3 is 0 Å². The average molecular weight is 367 g/mol. The summed E-state index contributed by atoms with van der Waals surface area (Å²) in [5, 5.41) is 5.33. The summed E-state index contributed by atoms with van der Waals surface area (Å²) < 4.78 is 0. The third kappa shape index (κ3) is 5.67. The average Bonchev–Trinajstić information content (AvgIpc) is 2.67. The molecule has 0 radical (unpaired) electrons. The molecule has 2 aromatic carbocycles. The smallest absolute Gasteiger partial charge is 0.251 e. The normalized spacial score (nSPS) is 12.7. The van der Waals surface area contributed by atoms with E-state index in [4.69, 9.17) is 5.73 Å². The third-order valence-corrected chi connectivity index (χ3v) is 4.47. The standard InChI is InChI=1S/C21H25N3O3/c1-3-14(2)19(15-8-5-4-6-9-15)21(27)24-17-11-7-10-16(12-17)20(26)23-13-18(22)25/h4-12,14,19H,3,13H2,1-2H3,(H2,22,25)(H,23,26)(H,24,27). The van der Waals surface area contributed by atoms with Gasteiger partial charge in [-0.2, -0.15) is 0 Å². The number of nitrogens with one attached hydrogen (secondary N) is 2. The molecule has 2 aromatic rings. The molecule has 0 aliphatic rings. The van der Waals surface area contributed by atoms with Crippen molar-refractivity contribution in [2.45, 2.75) is 26.2 Å². The van der Waals surface area contributed by atoms with Crippen molar-refractivity contribution >= 4 is 23.4 Å². The maximum Gasteiger partial charge on any atom is 0.251 e. The van der Waals surface area contributed by atoms with Gasteiger partial charge in [0.1, 0.15) is 0 Å². The second-order valence-corrected chi connectivity index (χ2v) is 6.49. The Bertz CT molecular complexity index is 805. The van der Waals surface area contributed by atoms with E-state index in [1.165, 1.54) is 0 Å². The fraction of sp³-hybridized carbons (Fsp3) is 0.286. The summed E-state index contributed by atoms with van der Waals surface area (Å²) in [7, 11) is 0. The molecule has 0 saturated carbocycles. The van der Waals surface area contributed by atoms with Gasteiger partial charge in [0.25, 0.3) is 5.91 Å². The first-order chi connectivity index (χ1) is 12.9. The molecule has 6 heteroatoms. The Balaban J connectivity index is 2.17. The molecule has 0 bridgehead atoms. The number of amides is 3. The monoisotopic (exact) mass is 367 g/mol. The predicted molar refractivity (Wildman–Crippen MR) is 105 cm³/mol. The molecule has 0 fully saturated rings. The molecular weight excluding hydrogens is 342 g/mol. The van der Waals surface area contributed by atoms with Crippen LogP contribution < -0.4 is 16.4 Å². The van der Waals surface area contributed by atoms with Crippen LogP contribution in [0.4, 0.5) is 5.69 Å². The van der Waals surface area contributed by atoms with Gasteiger partial charge in [0.15, 0.2) is 0 Å². The molecule has 2 unspecified atom stereocenters. The van der Waals surface area contributed by atoms with Crippen molar-refractivity contribution in [3.05, 3.63) is 65.7 Å². The van der Waals surface area contributed by atoms with Gasteiger partial charge in [-0.1, -0.05) is 56.7 Å². The Hall–Kier alpha value is -3.15. The number of carbonyl (C=O) groups is 3. The van der Waals surface area contributed by atoms with Gasteiger partial charge in [0.05, 0.1) is 12.5 Å². The molecule has 27 heavy (non-hydrogen) atoms. The van der Waals surface area contributed by atoms with Crippen molar-refractivity contribution in [1.29, 1.82) is 0 Å². The van der Waals surface area contributed by atoms with Gasteiger partial charge in [-0.15, -0.1) is 0 Å². The van der Waals surface area contributed by atoms with Gasteiger partial charge in [0, 0.05) is 11.3 Å². The lowest BCUT2D eigenvalue weighted by molar-refractivity contribution is -0.119. The van der Waals surface area contributed by atoms with E-state index in [9.17, 15) is 14.4 Å². The van der Waals surface area contributed by atoms with E-state index in [2.05, 4.69) is 17.6 Å². The highest BCUT2D eigenvalue weighted by Gasteiger charge is 2.26. The zero-order chi connectivity index (χ0) is 19.8. The molecule has 0 heterocycles. The van der Waals surface area contributed by atoms with Crippen LogP contribution >= 0.6 is 0 Å². The fourth-order valence-electron chi connectivity index (χ4n) is 2.86. The predicted octanol–water partition coefficient (Wildman–Crippen LogP) is 2.67. The maximum absolute atomic E-state index is 12.9. The number of anilines is 1. The summed E-state index contributed by atoms with van der Waals surface area (Å²) in [5.41, 5.74) is 6.86. The first-order valence-electron chi connectivity index (χ1n) is 8.94. The molecule has 0 aromatic heterocycles. The summed E-state index contributed by atoms with van der Waals surface area (Å²) in [6, 6.07) is 16.2. The minimum Gasteiger partial charge on any atom is -0.368 e. The van der Waals surface area contributed by atoms with Crippen LogP contribution in [-0.4, -0.2) is 24.3 Å². The molecule has 142 valence electrons. The van der Waals surface area contributed by atoms with Crippen molar-refractivity contribution in [2.24, 2.45) is 11.7 Å². The van der Waals surface area contributed by atoms with Crippen LogP contribution in [0.15, 0.2) is 54.6 Å². The Morgan fingerprint density at radius 2 is 1.74 bits per heavy atom. The van der Waals surface area contributed by atoms with Crippen LogP contribution in [0.2, 0.25) is 0 Å². The zero-order valence-electron chi connectivity index (χ0n) is 15.6. The molecule has 2 rings (SSSR count). The summed E-state index contributed by atoms with van der Waals surface area (Å²) >= 11 is 0. The molecule has 0 saturated heterocycles. The minimum atomic E-state index is -0.618. The lowest BCUT2D eigenvalue weighted by Crippen LogP contribution is -2.33. The van der Waals surface area contributed by atoms with Crippen molar-refractivity contribution in [3.63, 3.8) is 0 Å².